The molecule has 0 bridgehead atoms. The number of oxazole rings is 1. The van der Waals surface area contributed by atoms with Crippen molar-refractivity contribution in [2.24, 2.45) is 0 Å². The van der Waals surface area contributed by atoms with Crippen LogP contribution in [0.3, 0.4) is 0 Å². The van der Waals surface area contributed by atoms with Gasteiger partial charge in [0.15, 0.2) is 5.89 Å². The number of hydrogen-bond donors (Lipinski definition) is 2. The molecule has 34 heavy (non-hydrogen) atoms. The second-order valence-electron chi connectivity index (χ2n) is 7.96. The van der Waals surface area contributed by atoms with Gasteiger partial charge in [-0.1, -0.05) is 0 Å². The summed E-state index contributed by atoms with van der Waals surface area (Å²) in [6.45, 7) is 3.89. The molecule has 1 atom stereocenters. The maximum absolute atomic E-state index is 14.7. The number of nitrogens with one attached hydrogen (secondary N) is 2. The van der Waals surface area contributed by atoms with Crippen LogP contribution in [-0.2, 0) is 9.53 Å². The summed E-state index contributed by atoms with van der Waals surface area (Å²) >= 11 is 0. The standard InChI is InChI=1S/C23H21FN6O4/c1-12-20(34-13(2)26-12)22(32)27-14-5-6-17(24)16(8-14)18-11-30-10-15(9-25-23(30)29-18)28-21(31)19-4-3-7-33-19/h5-6,8-11,19H,3-4,7H2,1-2H3,(H,27,32)(H,28,31). The van der Waals surface area contributed by atoms with Crippen molar-refractivity contribution in [3.8, 4) is 11.3 Å². The highest BCUT2D eigenvalue weighted by molar-refractivity contribution is 6.03. The Labute approximate surface area is 193 Å². The summed E-state index contributed by atoms with van der Waals surface area (Å²) in [4.78, 5) is 37.5. The number of halogens is 1. The maximum atomic E-state index is 14.7. The van der Waals surface area contributed by atoms with Crippen LogP contribution in [0.25, 0.3) is 17.0 Å². The fraction of sp³-hybridized carbons (Fsp3) is 0.261. The third kappa shape index (κ3) is 4.25. The topological polar surface area (TPSA) is 124 Å². The number of hydrogen-bond acceptors (Lipinski definition) is 7. The van der Waals surface area contributed by atoms with Gasteiger partial charge in [-0.2, -0.15) is 0 Å². The monoisotopic (exact) mass is 464 g/mol. The van der Waals surface area contributed by atoms with Crippen molar-refractivity contribution in [1.82, 2.24) is 19.4 Å². The number of anilines is 2. The second-order valence-corrected chi connectivity index (χ2v) is 7.96. The number of rotatable bonds is 5. The predicted octanol–water partition coefficient (Wildman–Crippen LogP) is 3.51. The van der Waals surface area contributed by atoms with Crippen molar-refractivity contribution in [2.75, 3.05) is 17.2 Å². The Morgan fingerprint density at radius 2 is 2.00 bits per heavy atom. The molecule has 174 valence electrons. The molecule has 5 rings (SSSR count). The molecule has 3 aromatic heterocycles. The van der Waals surface area contributed by atoms with Gasteiger partial charge in [-0.3, -0.25) is 14.0 Å². The van der Waals surface area contributed by atoms with Crippen molar-refractivity contribution in [2.45, 2.75) is 32.8 Å². The average molecular weight is 464 g/mol. The Kier molecular flexibility index (Phi) is 5.54. The van der Waals surface area contributed by atoms with E-state index in [0.717, 1.165) is 6.42 Å². The smallest absolute Gasteiger partial charge is 0.293 e. The molecule has 1 saturated heterocycles. The van der Waals surface area contributed by atoms with Gasteiger partial charge in [0, 0.05) is 37.2 Å². The molecule has 4 aromatic rings. The van der Waals surface area contributed by atoms with Gasteiger partial charge < -0.3 is 19.8 Å². The molecule has 0 spiro atoms. The predicted molar refractivity (Wildman–Crippen MR) is 120 cm³/mol. The van der Waals surface area contributed by atoms with E-state index < -0.39 is 17.8 Å². The molecule has 0 radical (unpaired) electrons. The molecule has 1 unspecified atom stereocenters. The molecule has 2 N–H and O–H groups in total. The van der Waals surface area contributed by atoms with E-state index in [1.54, 1.807) is 30.6 Å². The number of aryl methyl sites for hydroxylation is 2. The van der Waals surface area contributed by atoms with Crippen LogP contribution in [-0.4, -0.2) is 43.9 Å². The van der Waals surface area contributed by atoms with E-state index >= 15 is 0 Å². The van der Waals surface area contributed by atoms with Crippen molar-refractivity contribution < 1.29 is 23.1 Å². The van der Waals surface area contributed by atoms with Crippen molar-refractivity contribution >= 4 is 29.0 Å². The van der Waals surface area contributed by atoms with Crippen molar-refractivity contribution in [3.63, 3.8) is 0 Å². The largest absolute Gasteiger partial charge is 0.436 e. The van der Waals surface area contributed by atoms with E-state index in [9.17, 15) is 14.0 Å². The number of benzene rings is 1. The number of carbonyl (C=O) groups excluding carboxylic acids is 2. The van der Waals surface area contributed by atoms with E-state index in [0.29, 0.717) is 47.5 Å². The lowest BCUT2D eigenvalue weighted by Crippen LogP contribution is -2.27. The number of ether oxygens (including phenoxy) is 1. The molecule has 1 aromatic carbocycles. The van der Waals surface area contributed by atoms with E-state index in [-0.39, 0.29) is 17.2 Å². The van der Waals surface area contributed by atoms with Gasteiger partial charge in [-0.25, -0.2) is 19.3 Å². The molecule has 4 heterocycles. The zero-order valence-electron chi connectivity index (χ0n) is 18.5. The molecule has 1 fully saturated rings. The van der Waals surface area contributed by atoms with Crippen LogP contribution in [0, 0.1) is 19.7 Å². The molecule has 2 amide bonds. The fourth-order valence-electron chi connectivity index (χ4n) is 3.82. The molecular formula is C23H21FN6O4. The summed E-state index contributed by atoms with van der Waals surface area (Å²) in [5, 5.41) is 5.47. The zero-order chi connectivity index (χ0) is 23.8. The minimum absolute atomic E-state index is 0.0953. The SMILES string of the molecule is Cc1nc(C)c(C(=O)Nc2ccc(F)c(-c3cn4cc(NC(=O)C5CCCO5)cnc4n3)c2)o1. The van der Waals surface area contributed by atoms with E-state index in [2.05, 4.69) is 25.6 Å². The number of amides is 2. The van der Waals surface area contributed by atoms with Gasteiger partial charge in [0.25, 0.3) is 11.8 Å². The number of nitrogens with zero attached hydrogens (tertiary/aromatic N) is 4. The second kappa shape index (κ2) is 8.67. The van der Waals surface area contributed by atoms with Crippen LogP contribution < -0.4 is 10.6 Å². The lowest BCUT2D eigenvalue weighted by molar-refractivity contribution is -0.124. The molecule has 10 nitrogen and oxygen atoms in total. The molecule has 0 saturated carbocycles. The van der Waals surface area contributed by atoms with Gasteiger partial charge in [-0.05, 0) is 38.0 Å². The van der Waals surface area contributed by atoms with Gasteiger partial charge >= 0.3 is 0 Å². The number of carbonyl (C=O) groups is 2. The minimum Gasteiger partial charge on any atom is -0.436 e. The van der Waals surface area contributed by atoms with Gasteiger partial charge in [0.1, 0.15) is 11.9 Å². The lowest BCUT2D eigenvalue weighted by atomic mass is 10.1. The molecule has 11 heteroatoms. The van der Waals surface area contributed by atoms with Crippen LogP contribution in [0.2, 0.25) is 0 Å². The Hall–Kier alpha value is -4.12. The highest BCUT2D eigenvalue weighted by atomic mass is 19.1. The molecule has 1 aliphatic rings. The zero-order valence-corrected chi connectivity index (χ0v) is 18.5. The number of aromatic nitrogens is 4. The third-order valence-electron chi connectivity index (χ3n) is 5.41. The molecule has 1 aliphatic heterocycles. The summed E-state index contributed by atoms with van der Waals surface area (Å²) in [5.41, 5.74) is 1.79. The summed E-state index contributed by atoms with van der Waals surface area (Å²) in [6.07, 6.45) is 5.78. The van der Waals surface area contributed by atoms with Crippen LogP contribution in [0.5, 0.6) is 0 Å². The van der Waals surface area contributed by atoms with Crippen molar-refractivity contribution in [1.29, 1.82) is 0 Å². The van der Waals surface area contributed by atoms with Gasteiger partial charge in [0.2, 0.25) is 11.5 Å². The average Bonchev–Trinajstić information content (AvgIpc) is 3.54. The van der Waals surface area contributed by atoms with Crippen molar-refractivity contribution in [3.05, 3.63) is 60.0 Å². The van der Waals surface area contributed by atoms with Crippen LogP contribution >= 0.6 is 0 Å². The van der Waals surface area contributed by atoms with Crippen LogP contribution in [0.15, 0.2) is 41.2 Å². The Morgan fingerprint density at radius 3 is 2.74 bits per heavy atom. The first kappa shape index (κ1) is 21.7. The minimum atomic E-state index is -0.514. The number of imidazole rings is 1. The van der Waals surface area contributed by atoms with E-state index in [1.807, 2.05) is 0 Å². The Morgan fingerprint density at radius 1 is 1.15 bits per heavy atom. The lowest BCUT2D eigenvalue weighted by Gasteiger charge is -2.10. The molecule has 0 aliphatic carbocycles. The van der Waals surface area contributed by atoms with E-state index in [4.69, 9.17) is 9.15 Å². The van der Waals surface area contributed by atoms with Crippen LogP contribution in [0.1, 0.15) is 35.0 Å². The fourth-order valence-corrected chi connectivity index (χ4v) is 3.82. The van der Waals surface area contributed by atoms with Gasteiger partial charge in [0.05, 0.1) is 23.3 Å². The maximum Gasteiger partial charge on any atom is 0.293 e. The first-order valence-corrected chi connectivity index (χ1v) is 10.7. The normalized spacial score (nSPS) is 15.6. The number of fused-ring (bicyclic) bond motifs is 1. The quantitative estimate of drug-likeness (QED) is 0.463. The highest BCUT2D eigenvalue weighted by Gasteiger charge is 2.24. The Balaban J connectivity index is 1.38. The van der Waals surface area contributed by atoms with Gasteiger partial charge in [-0.15, -0.1) is 0 Å². The first-order valence-electron chi connectivity index (χ1n) is 10.7. The summed E-state index contributed by atoms with van der Waals surface area (Å²) in [6, 6.07) is 4.17. The van der Waals surface area contributed by atoms with Crippen LogP contribution in [0.4, 0.5) is 15.8 Å². The Bertz CT molecular complexity index is 1410. The first-order chi connectivity index (χ1) is 16.4. The summed E-state index contributed by atoms with van der Waals surface area (Å²) in [7, 11) is 0. The summed E-state index contributed by atoms with van der Waals surface area (Å²) in [5.74, 6) is -0.430. The van der Waals surface area contributed by atoms with E-state index in [1.165, 1.54) is 24.4 Å². The highest BCUT2D eigenvalue weighted by Crippen LogP contribution is 2.26. The third-order valence-corrected chi connectivity index (χ3v) is 5.41. The molecular weight excluding hydrogens is 443 g/mol. The summed E-state index contributed by atoms with van der Waals surface area (Å²) < 4.78 is 27.0.